The van der Waals surface area contributed by atoms with Crippen LogP contribution in [-0.2, 0) is 9.53 Å². The highest BCUT2D eigenvalue weighted by Gasteiger charge is 2.25. The van der Waals surface area contributed by atoms with Crippen molar-refractivity contribution in [2.75, 3.05) is 13.2 Å². The van der Waals surface area contributed by atoms with Crippen molar-refractivity contribution in [2.24, 2.45) is 5.92 Å². The lowest BCUT2D eigenvalue weighted by Crippen LogP contribution is -2.40. The fraction of sp³-hybridized carbons (Fsp3) is 0.682. The average Bonchev–Trinajstić information content (AvgIpc) is 3.14. The Kier molecular flexibility index (Phi) is 10.2. The van der Waals surface area contributed by atoms with Gasteiger partial charge in [0, 0.05) is 4.47 Å². The molecule has 1 fully saturated rings. The summed E-state index contributed by atoms with van der Waals surface area (Å²) in [6.07, 6.45) is 8.52. The first-order chi connectivity index (χ1) is 13.0. The lowest BCUT2D eigenvalue weighted by Gasteiger charge is -2.21. The average molecular weight is 440 g/mol. The number of carbonyl (C=O) groups is 1. The molecule has 1 aromatic carbocycles. The molecule has 152 valence electrons. The van der Waals surface area contributed by atoms with E-state index in [9.17, 15) is 4.79 Å². The number of hydrogen-bond acceptors (Lipinski definition) is 4. The minimum Gasteiger partial charge on any atom is -0.494 e. The zero-order valence-electron chi connectivity index (χ0n) is 16.7. The Hall–Kier alpha value is -1.07. The number of esters is 1. The maximum Gasteiger partial charge on any atom is 0.323 e. The van der Waals surface area contributed by atoms with Gasteiger partial charge in [0.2, 0.25) is 0 Å². The zero-order chi connectivity index (χ0) is 19.5. The van der Waals surface area contributed by atoms with Crippen molar-refractivity contribution in [2.45, 2.75) is 77.4 Å². The summed E-state index contributed by atoms with van der Waals surface area (Å²) in [5.41, 5.74) is 0. The number of benzene rings is 1. The first kappa shape index (κ1) is 22.2. The standard InChI is InChI=1S/C22H34BrNO3/c1-17(2)16-21(22(25)27-20-8-4-5-9-20)24-14-6-3-7-15-26-19-12-10-18(23)11-13-19/h10-13,17,20-21,24H,3-9,14-16H2,1-2H3/t21-/m0/s1. The summed E-state index contributed by atoms with van der Waals surface area (Å²) in [7, 11) is 0. The predicted molar refractivity (Wildman–Crippen MR) is 113 cm³/mol. The van der Waals surface area contributed by atoms with Gasteiger partial charge in [-0.05, 0) is 88.1 Å². The van der Waals surface area contributed by atoms with Crippen LogP contribution in [0.4, 0.5) is 0 Å². The van der Waals surface area contributed by atoms with E-state index in [0.717, 1.165) is 61.9 Å². The molecule has 5 heteroatoms. The third-order valence-electron chi connectivity index (χ3n) is 4.87. The third kappa shape index (κ3) is 9.11. The summed E-state index contributed by atoms with van der Waals surface area (Å²) in [6.45, 7) is 5.87. The van der Waals surface area contributed by atoms with Crippen molar-refractivity contribution in [1.82, 2.24) is 5.32 Å². The molecule has 1 aromatic rings. The molecule has 1 atom stereocenters. The Balaban J connectivity index is 1.59. The topological polar surface area (TPSA) is 47.6 Å². The molecule has 1 aliphatic rings. The Morgan fingerprint density at radius 2 is 1.85 bits per heavy atom. The molecule has 1 aliphatic carbocycles. The molecule has 0 heterocycles. The van der Waals surface area contributed by atoms with Crippen LogP contribution in [0.2, 0.25) is 0 Å². The fourth-order valence-electron chi connectivity index (χ4n) is 3.39. The number of rotatable bonds is 12. The molecule has 0 radical (unpaired) electrons. The lowest BCUT2D eigenvalue weighted by molar-refractivity contribution is -0.151. The molecule has 1 saturated carbocycles. The van der Waals surface area contributed by atoms with Gasteiger partial charge < -0.3 is 14.8 Å². The molecular formula is C22H34BrNO3. The second-order valence-corrected chi connectivity index (χ2v) is 8.76. The first-order valence-corrected chi connectivity index (χ1v) is 11.2. The maximum atomic E-state index is 12.5. The Bertz CT molecular complexity index is 541. The van der Waals surface area contributed by atoms with E-state index in [2.05, 4.69) is 35.1 Å². The Morgan fingerprint density at radius 3 is 2.52 bits per heavy atom. The number of nitrogens with one attached hydrogen (secondary N) is 1. The molecule has 0 saturated heterocycles. The van der Waals surface area contributed by atoms with E-state index in [-0.39, 0.29) is 18.1 Å². The second-order valence-electron chi connectivity index (χ2n) is 7.84. The summed E-state index contributed by atoms with van der Waals surface area (Å²) >= 11 is 3.42. The van der Waals surface area contributed by atoms with Gasteiger partial charge in [-0.3, -0.25) is 4.79 Å². The van der Waals surface area contributed by atoms with Crippen molar-refractivity contribution in [3.63, 3.8) is 0 Å². The van der Waals surface area contributed by atoms with Crippen molar-refractivity contribution >= 4 is 21.9 Å². The molecule has 4 nitrogen and oxygen atoms in total. The molecule has 0 amide bonds. The first-order valence-electron chi connectivity index (χ1n) is 10.4. The molecule has 0 spiro atoms. The van der Waals surface area contributed by atoms with Crippen molar-refractivity contribution < 1.29 is 14.3 Å². The van der Waals surface area contributed by atoms with Crippen LogP contribution in [0.25, 0.3) is 0 Å². The molecular weight excluding hydrogens is 406 g/mol. The highest BCUT2D eigenvalue weighted by Crippen LogP contribution is 2.22. The van der Waals surface area contributed by atoms with Gasteiger partial charge in [-0.1, -0.05) is 29.8 Å². The smallest absolute Gasteiger partial charge is 0.323 e. The summed E-state index contributed by atoms with van der Waals surface area (Å²) in [5.74, 6) is 1.31. The maximum absolute atomic E-state index is 12.5. The summed E-state index contributed by atoms with van der Waals surface area (Å²) in [6, 6.07) is 7.73. The van der Waals surface area contributed by atoms with Crippen LogP contribution >= 0.6 is 15.9 Å². The molecule has 0 bridgehead atoms. The van der Waals surface area contributed by atoms with Crippen molar-refractivity contribution in [3.8, 4) is 5.75 Å². The van der Waals surface area contributed by atoms with E-state index in [4.69, 9.17) is 9.47 Å². The molecule has 0 aromatic heterocycles. The normalized spacial score (nSPS) is 15.9. The summed E-state index contributed by atoms with van der Waals surface area (Å²) in [5, 5.41) is 3.42. The van der Waals surface area contributed by atoms with E-state index in [1.54, 1.807) is 0 Å². The number of hydrogen-bond donors (Lipinski definition) is 1. The number of unbranched alkanes of at least 4 members (excludes halogenated alkanes) is 2. The van der Waals surface area contributed by atoms with Gasteiger partial charge in [-0.25, -0.2) is 0 Å². The van der Waals surface area contributed by atoms with Crippen molar-refractivity contribution in [3.05, 3.63) is 28.7 Å². The highest BCUT2D eigenvalue weighted by atomic mass is 79.9. The van der Waals surface area contributed by atoms with E-state index in [1.165, 1.54) is 12.8 Å². The van der Waals surface area contributed by atoms with E-state index in [0.29, 0.717) is 5.92 Å². The van der Waals surface area contributed by atoms with Gasteiger partial charge in [0.25, 0.3) is 0 Å². The van der Waals surface area contributed by atoms with Crippen LogP contribution in [0.1, 0.15) is 65.2 Å². The van der Waals surface area contributed by atoms with Gasteiger partial charge in [0.15, 0.2) is 0 Å². The fourth-order valence-corrected chi connectivity index (χ4v) is 3.65. The molecule has 0 unspecified atom stereocenters. The van der Waals surface area contributed by atoms with Gasteiger partial charge >= 0.3 is 5.97 Å². The van der Waals surface area contributed by atoms with Crippen LogP contribution < -0.4 is 10.1 Å². The SMILES string of the molecule is CC(C)C[C@H](NCCCCCOc1ccc(Br)cc1)C(=O)OC1CCCC1. The molecule has 2 rings (SSSR count). The molecule has 1 N–H and O–H groups in total. The minimum atomic E-state index is -0.176. The number of ether oxygens (including phenoxy) is 2. The number of carbonyl (C=O) groups excluding carboxylic acids is 1. The molecule has 27 heavy (non-hydrogen) atoms. The monoisotopic (exact) mass is 439 g/mol. The number of halogens is 1. The lowest BCUT2D eigenvalue weighted by atomic mass is 10.0. The quantitative estimate of drug-likeness (QED) is 0.345. The molecule has 0 aliphatic heterocycles. The van der Waals surface area contributed by atoms with E-state index >= 15 is 0 Å². The van der Waals surface area contributed by atoms with Crippen LogP contribution in [0, 0.1) is 5.92 Å². The highest BCUT2D eigenvalue weighted by molar-refractivity contribution is 9.10. The van der Waals surface area contributed by atoms with Gasteiger partial charge in [0.05, 0.1) is 6.61 Å². The van der Waals surface area contributed by atoms with Gasteiger partial charge in [-0.2, -0.15) is 0 Å². The van der Waals surface area contributed by atoms with Crippen LogP contribution in [0.3, 0.4) is 0 Å². The van der Waals surface area contributed by atoms with Crippen LogP contribution in [-0.4, -0.2) is 31.3 Å². The Morgan fingerprint density at radius 1 is 1.15 bits per heavy atom. The Labute approximate surface area is 172 Å². The van der Waals surface area contributed by atoms with Gasteiger partial charge in [-0.15, -0.1) is 0 Å². The summed E-state index contributed by atoms with van der Waals surface area (Å²) in [4.78, 5) is 12.5. The summed E-state index contributed by atoms with van der Waals surface area (Å²) < 4.78 is 12.5. The van der Waals surface area contributed by atoms with E-state index in [1.807, 2.05) is 24.3 Å². The van der Waals surface area contributed by atoms with Gasteiger partial charge in [0.1, 0.15) is 17.9 Å². The third-order valence-corrected chi connectivity index (χ3v) is 5.40. The predicted octanol–water partition coefficient (Wildman–Crippen LogP) is 5.49. The van der Waals surface area contributed by atoms with Crippen LogP contribution in [0.15, 0.2) is 28.7 Å². The minimum absolute atomic E-state index is 0.0610. The van der Waals surface area contributed by atoms with E-state index < -0.39 is 0 Å². The van der Waals surface area contributed by atoms with Crippen molar-refractivity contribution in [1.29, 1.82) is 0 Å². The second kappa shape index (κ2) is 12.4. The zero-order valence-corrected chi connectivity index (χ0v) is 18.3. The van der Waals surface area contributed by atoms with Crippen LogP contribution in [0.5, 0.6) is 5.75 Å². The largest absolute Gasteiger partial charge is 0.494 e.